The Morgan fingerprint density at radius 2 is 2.31 bits per heavy atom. The van der Waals surface area contributed by atoms with E-state index in [9.17, 15) is 0 Å². The van der Waals surface area contributed by atoms with Crippen molar-refractivity contribution in [2.75, 3.05) is 0 Å². The van der Waals surface area contributed by atoms with Crippen molar-refractivity contribution in [1.82, 2.24) is 4.98 Å². The molecule has 0 aromatic carbocycles. The van der Waals surface area contributed by atoms with Crippen molar-refractivity contribution in [3.8, 4) is 0 Å². The van der Waals surface area contributed by atoms with Crippen LogP contribution in [0.1, 0.15) is 30.2 Å². The van der Waals surface area contributed by atoms with Gasteiger partial charge in [-0.3, -0.25) is 4.98 Å². The molecule has 0 radical (unpaired) electrons. The molecule has 1 heterocycles. The number of allylic oxidation sites excluding steroid dienone is 1. The second-order valence-corrected chi connectivity index (χ2v) is 2.94. The maximum atomic E-state index is 4.29. The fraction of sp³-hybridized carbons (Fsp3) is 0.250. The maximum absolute atomic E-state index is 4.29. The Morgan fingerprint density at radius 3 is 2.92 bits per heavy atom. The van der Waals surface area contributed by atoms with Crippen LogP contribution in [0.2, 0.25) is 0 Å². The maximum Gasteiger partial charge on any atom is 0.0701 e. The molecule has 1 heteroatoms. The largest absolute Gasteiger partial charge is 0.256 e. The third kappa shape index (κ3) is 2.28. The molecule has 68 valence electrons. The lowest BCUT2D eigenvalue weighted by Gasteiger charge is -2.02. The third-order valence-electron chi connectivity index (χ3n) is 1.95. The molecular formula is C12H15N. The summed E-state index contributed by atoms with van der Waals surface area (Å²) >= 11 is 0. The van der Waals surface area contributed by atoms with Gasteiger partial charge in [-0.2, -0.15) is 0 Å². The summed E-state index contributed by atoms with van der Waals surface area (Å²) in [6.07, 6.45) is 8.88. The molecule has 0 fully saturated rings. The number of hydrogen-bond acceptors (Lipinski definition) is 1. The normalized spacial score (nSPS) is 10.6. The average molecular weight is 173 g/mol. The van der Waals surface area contributed by atoms with Crippen molar-refractivity contribution in [1.29, 1.82) is 0 Å². The van der Waals surface area contributed by atoms with Gasteiger partial charge in [0, 0.05) is 11.8 Å². The van der Waals surface area contributed by atoms with Crippen LogP contribution in [0.25, 0.3) is 12.2 Å². The standard InChI is InChI=1S/C12H15N/c1-4-6-7-12-11(5-2)10(3)8-9-13-12/h5-9H,2,4H2,1,3H3/b7-6-. The van der Waals surface area contributed by atoms with E-state index in [1.807, 2.05) is 24.4 Å². The summed E-state index contributed by atoms with van der Waals surface area (Å²) in [5, 5.41) is 0. The molecule has 0 saturated carbocycles. The summed E-state index contributed by atoms with van der Waals surface area (Å²) in [6.45, 7) is 7.97. The van der Waals surface area contributed by atoms with Gasteiger partial charge >= 0.3 is 0 Å². The second kappa shape index (κ2) is 4.61. The summed E-state index contributed by atoms with van der Waals surface area (Å²) in [4.78, 5) is 4.29. The lowest BCUT2D eigenvalue weighted by molar-refractivity contribution is 1.21. The monoisotopic (exact) mass is 173 g/mol. The van der Waals surface area contributed by atoms with Crippen molar-refractivity contribution in [3.05, 3.63) is 41.7 Å². The van der Waals surface area contributed by atoms with Crippen LogP contribution in [-0.4, -0.2) is 4.98 Å². The minimum atomic E-state index is 1.01. The first-order valence-electron chi connectivity index (χ1n) is 4.54. The van der Waals surface area contributed by atoms with Crippen LogP contribution in [0.3, 0.4) is 0 Å². The van der Waals surface area contributed by atoms with Crippen molar-refractivity contribution < 1.29 is 0 Å². The van der Waals surface area contributed by atoms with Gasteiger partial charge in [0.15, 0.2) is 0 Å². The molecule has 0 unspecified atom stereocenters. The van der Waals surface area contributed by atoms with Gasteiger partial charge < -0.3 is 0 Å². The summed E-state index contributed by atoms with van der Waals surface area (Å²) < 4.78 is 0. The molecule has 0 bridgehead atoms. The first-order valence-corrected chi connectivity index (χ1v) is 4.54. The zero-order valence-electron chi connectivity index (χ0n) is 8.25. The molecule has 0 N–H and O–H groups in total. The Morgan fingerprint density at radius 1 is 1.54 bits per heavy atom. The highest BCUT2D eigenvalue weighted by Crippen LogP contribution is 2.14. The fourth-order valence-electron chi connectivity index (χ4n) is 1.22. The number of aryl methyl sites for hydroxylation is 1. The van der Waals surface area contributed by atoms with E-state index >= 15 is 0 Å². The highest BCUT2D eigenvalue weighted by molar-refractivity contribution is 5.63. The molecule has 0 spiro atoms. The highest BCUT2D eigenvalue weighted by atomic mass is 14.7. The average Bonchev–Trinajstić information content (AvgIpc) is 2.15. The topological polar surface area (TPSA) is 12.9 Å². The molecule has 1 rings (SSSR count). The van der Waals surface area contributed by atoms with Gasteiger partial charge in [0.1, 0.15) is 0 Å². The van der Waals surface area contributed by atoms with Crippen molar-refractivity contribution in [2.45, 2.75) is 20.3 Å². The van der Waals surface area contributed by atoms with E-state index in [4.69, 9.17) is 0 Å². The molecule has 1 aromatic rings. The van der Waals surface area contributed by atoms with Gasteiger partial charge in [0.05, 0.1) is 5.69 Å². The molecule has 1 aromatic heterocycles. The van der Waals surface area contributed by atoms with Crippen LogP contribution in [0.15, 0.2) is 24.9 Å². The van der Waals surface area contributed by atoms with Crippen LogP contribution < -0.4 is 0 Å². The molecule has 0 amide bonds. The number of aromatic nitrogens is 1. The highest BCUT2D eigenvalue weighted by Gasteiger charge is 1.98. The van der Waals surface area contributed by atoms with E-state index in [1.54, 1.807) is 0 Å². The van der Waals surface area contributed by atoms with Crippen LogP contribution in [-0.2, 0) is 0 Å². The van der Waals surface area contributed by atoms with E-state index < -0.39 is 0 Å². The van der Waals surface area contributed by atoms with Crippen LogP contribution >= 0.6 is 0 Å². The van der Waals surface area contributed by atoms with Crippen LogP contribution in [0, 0.1) is 6.92 Å². The van der Waals surface area contributed by atoms with E-state index in [2.05, 4.69) is 31.5 Å². The Balaban J connectivity index is 3.12. The molecule has 0 aliphatic carbocycles. The van der Waals surface area contributed by atoms with Gasteiger partial charge in [0.2, 0.25) is 0 Å². The van der Waals surface area contributed by atoms with Crippen LogP contribution in [0.4, 0.5) is 0 Å². The number of rotatable bonds is 3. The molecule has 1 nitrogen and oxygen atoms in total. The molecule has 0 atom stereocenters. The van der Waals surface area contributed by atoms with Crippen molar-refractivity contribution in [3.63, 3.8) is 0 Å². The Labute approximate surface area is 79.8 Å². The summed E-state index contributed by atoms with van der Waals surface area (Å²) in [5.41, 5.74) is 3.37. The quantitative estimate of drug-likeness (QED) is 0.682. The van der Waals surface area contributed by atoms with E-state index in [0.29, 0.717) is 0 Å². The predicted octanol–water partition coefficient (Wildman–Crippen LogP) is 3.46. The van der Waals surface area contributed by atoms with E-state index in [-0.39, 0.29) is 0 Å². The minimum Gasteiger partial charge on any atom is -0.256 e. The van der Waals surface area contributed by atoms with E-state index in [0.717, 1.165) is 17.7 Å². The Kier molecular flexibility index (Phi) is 3.44. The molecular weight excluding hydrogens is 158 g/mol. The summed E-state index contributed by atoms with van der Waals surface area (Å²) in [5.74, 6) is 0. The van der Waals surface area contributed by atoms with Gasteiger partial charge in [-0.15, -0.1) is 0 Å². The summed E-state index contributed by atoms with van der Waals surface area (Å²) in [6, 6.07) is 2.00. The van der Waals surface area contributed by atoms with Gasteiger partial charge in [0.25, 0.3) is 0 Å². The number of hydrogen-bond donors (Lipinski definition) is 0. The predicted molar refractivity (Wildman–Crippen MR) is 58.4 cm³/mol. The Bertz CT molecular complexity index is 324. The molecule has 13 heavy (non-hydrogen) atoms. The summed E-state index contributed by atoms with van der Waals surface area (Å²) in [7, 11) is 0. The minimum absolute atomic E-state index is 1.01. The number of pyridine rings is 1. The number of nitrogens with zero attached hydrogens (tertiary/aromatic N) is 1. The molecule has 0 aliphatic rings. The third-order valence-corrected chi connectivity index (χ3v) is 1.95. The van der Waals surface area contributed by atoms with Gasteiger partial charge in [-0.25, -0.2) is 0 Å². The van der Waals surface area contributed by atoms with E-state index in [1.165, 1.54) is 5.56 Å². The lowest BCUT2D eigenvalue weighted by atomic mass is 10.1. The van der Waals surface area contributed by atoms with Crippen molar-refractivity contribution >= 4 is 12.2 Å². The lowest BCUT2D eigenvalue weighted by Crippen LogP contribution is -1.89. The Hall–Kier alpha value is -1.37. The second-order valence-electron chi connectivity index (χ2n) is 2.94. The first-order chi connectivity index (χ1) is 6.29. The smallest absolute Gasteiger partial charge is 0.0701 e. The van der Waals surface area contributed by atoms with Crippen LogP contribution in [0.5, 0.6) is 0 Å². The first kappa shape index (κ1) is 9.72. The molecule has 0 aliphatic heterocycles. The van der Waals surface area contributed by atoms with Gasteiger partial charge in [-0.1, -0.05) is 25.7 Å². The SMILES string of the molecule is C=Cc1c(C)ccnc1/C=C\CC. The van der Waals surface area contributed by atoms with Crippen molar-refractivity contribution in [2.24, 2.45) is 0 Å². The molecule has 0 saturated heterocycles. The fourth-order valence-corrected chi connectivity index (χ4v) is 1.22. The zero-order valence-corrected chi connectivity index (χ0v) is 8.25. The zero-order chi connectivity index (χ0) is 9.68. The van der Waals surface area contributed by atoms with Gasteiger partial charge in [-0.05, 0) is 31.1 Å².